The van der Waals surface area contributed by atoms with Crippen molar-refractivity contribution in [1.29, 1.82) is 0 Å². The number of halogens is 1. The number of carbonyl (C=O) groups is 1. The number of benzene rings is 2. The lowest BCUT2D eigenvalue weighted by Crippen LogP contribution is -2.35. The third-order valence-electron chi connectivity index (χ3n) is 4.65. The Morgan fingerprint density at radius 1 is 1.14 bits per heavy atom. The molecule has 7 nitrogen and oxygen atoms in total. The summed E-state index contributed by atoms with van der Waals surface area (Å²) in [5, 5.41) is 3.17. The second kappa shape index (κ2) is 8.06. The van der Waals surface area contributed by atoms with E-state index in [9.17, 15) is 21.6 Å². The van der Waals surface area contributed by atoms with Crippen LogP contribution in [0.25, 0.3) is 0 Å². The number of hydrogen-bond acceptors (Lipinski definition) is 5. The predicted molar refractivity (Wildman–Crippen MR) is 113 cm³/mol. The molecule has 2 N–H and O–H groups in total. The first-order valence-electron chi connectivity index (χ1n) is 8.88. The Labute approximate surface area is 175 Å². The van der Waals surface area contributed by atoms with E-state index in [1.807, 2.05) is 19.9 Å². The number of rotatable bonds is 5. The summed E-state index contributed by atoms with van der Waals surface area (Å²) in [4.78, 5) is 12.5. The fourth-order valence-corrected chi connectivity index (χ4v) is 6.64. The van der Waals surface area contributed by atoms with E-state index in [1.54, 1.807) is 6.07 Å². The maximum atomic E-state index is 12.5. The Morgan fingerprint density at radius 2 is 1.79 bits per heavy atom. The molecule has 2 aromatic carbocycles. The first-order chi connectivity index (χ1) is 13.5. The minimum absolute atomic E-state index is 0.0275. The summed E-state index contributed by atoms with van der Waals surface area (Å²) in [5.41, 5.74) is 2.56. The normalized spacial score (nSPS) is 18.5. The van der Waals surface area contributed by atoms with E-state index in [-0.39, 0.29) is 28.4 Å². The minimum atomic E-state index is -3.88. The standard InChI is InChI=1S/C19H21ClN2O5S2/c1-12-9-13(2)18(17(20)10-12)21-19(23)14-3-5-16(6-4-14)29(26,27)22-15-7-8-28(24,25)11-15/h3-6,9-10,15,22H,7-8,11H2,1-2H3,(H,21,23). The highest BCUT2D eigenvalue weighted by Crippen LogP contribution is 2.28. The van der Waals surface area contributed by atoms with Crippen LogP contribution >= 0.6 is 11.6 Å². The van der Waals surface area contributed by atoms with Crippen molar-refractivity contribution in [2.24, 2.45) is 0 Å². The van der Waals surface area contributed by atoms with Gasteiger partial charge in [-0.3, -0.25) is 4.79 Å². The molecule has 3 rings (SSSR count). The van der Waals surface area contributed by atoms with E-state index >= 15 is 0 Å². The molecular weight excluding hydrogens is 436 g/mol. The zero-order chi connectivity index (χ0) is 21.4. The molecule has 0 aliphatic carbocycles. The topological polar surface area (TPSA) is 109 Å². The average Bonchev–Trinajstić information content (AvgIpc) is 2.95. The van der Waals surface area contributed by atoms with E-state index in [0.717, 1.165) is 11.1 Å². The van der Waals surface area contributed by atoms with Crippen molar-refractivity contribution in [2.75, 3.05) is 16.8 Å². The Hall–Kier alpha value is -1.94. The molecule has 1 saturated heterocycles. The van der Waals surface area contributed by atoms with Crippen LogP contribution in [-0.4, -0.2) is 40.3 Å². The van der Waals surface area contributed by atoms with E-state index in [4.69, 9.17) is 11.6 Å². The van der Waals surface area contributed by atoms with E-state index in [2.05, 4.69) is 10.0 Å². The summed E-state index contributed by atoms with van der Waals surface area (Å²) in [6.45, 7) is 3.73. The molecule has 1 unspecified atom stereocenters. The lowest BCUT2D eigenvalue weighted by molar-refractivity contribution is 0.102. The fourth-order valence-electron chi connectivity index (χ4n) is 3.22. The Balaban J connectivity index is 1.73. The quantitative estimate of drug-likeness (QED) is 0.718. The van der Waals surface area contributed by atoms with Crippen molar-refractivity contribution >= 4 is 43.1 Å². The molecule has 1 atom stereocenters. The van der Waals surface area contributed by atoms with Crippen LogP contribution in [0.3, 0.4) is 0 Å². The van der Waals surface area contributed by atoms with Crippen molar-refractivity contribution in [3.05, 3.63) is 58.1 Å². The lowest BCUT2D eigenvalue weighted by atomic mass is 10.1. The zero-order valence-electron chi connectivity index (χ0n) is 15.9. The van der Waals surface area contributed by atoms with Gasteiger partial charge in [0.25, 0.3) is 5.91 Å². The third kappa shape index (κ3) is 5.16. The van der Waals surface area contributed by atoms with Gasteiger partial charge in [-0.25, -0.2) is 21.6 Å². The Kier molecular flexibility index (Phi) is 6.05. The van der Waals surface area contributed by atoms with E-state index in [1.165, 1.54) is 24.3 Å². The summed E-state index contributed by atoms with van der Waals surface area (Å²) in [7, 11) is -7.08. The second-order valence-electron chi connectivity index (χ2n) is 7.14. The highest BCUT2D eigenvalue weighted by atomic mass is 35.5. The molecular formula is C19H21ClN2O5S2. The van der Waals surface area contributed by atoms with Crippen LogP contribution in [0.1, 0.15) is 27.9 Å². The summed E-state index contributed by atoms with van der Waals surface area (Å²) in [6.07, 6.45) is 0.249. The number of sulfone groups is 1. The van der Waals surface area contributed by atoms with E-state index < -0.39 is 31.8 Å². The number of carbonyl (C=O) groups excluding carboxylic acids is 1. The van der Waals surface area contributed by atoms with E-state index in [0.29, 0.717) is 10.7 Å². The predicted octanol–water partition coefficient (Wildman–Crippen LogP) is 2.67. The maximum Gasteiger partial charge on any atom is 0.255 e. The molecule has 0 bridgehead atoms. The molecule has 29 heavy (non-hydrogen) atoms. The smallest absolute Gasteiger partial charge is 0.255 e. The number of nitrogens with one attached hydrogen (secondary N) is 2. The molecule has 156 valence electrons. The summed E-state index contributed by atoms with van der Waals surface area (Å²) >= 11 is 6.21. The van der Waals surface area contributed by atoms with Crippen LogP contribution in [0.2, 0.25) is 5.02 Å². The van der Waals surface area contributed by atoms with Gasteiger partial charge in [-0.1, -0.05) is 17.7 Å². The molecule has 1 aliphatic rings. The SMILES string of the molecule is Cc1cc(C)c(NC(=O)c2ccc(S(=O)(=O)NC3CCS(=O)(=O)C3)cc2)c(Cl)c1. The number of aryl methyl sites for hydroxylation is 2. The van der Waals surface area contributed by atoms with Crippen LogP contribution in [0.15, 0.2) is 41.3 Å². The molecule has 1 aliphatic heterocycles. The van der Waals surface area contributed by atoms with Crippen LogP contribution in [0, 0.1) is 13.8 Å². The van der Waals surface area contributed by atoms with Crippen molar-refractivity contribution in [2.45, 2.75) is 31.2 Å². The van der Waals surface area contributed by atoms with Gasteiger partial charge in [0.1, 0.15) is 0 Å². The van der Waals surface area contributed by atoms with Crippen molar-refractivity contribution in [1.82, 2.24) is 4.72 Å². The second-order valence-corrected chi connectivity index (χ2v) is 11.5. The summed E-state index contributed by atoms with van der Waals surface area (Å²) < 4.78 is 50.4. The number of anilines is 1. The maximum absolute atomic E-state index is 12.5. The van der Waals surface area contributed by atoms with Gasteiger partial charge in [0.15, 0.2) is 9.84 Å². The Bertz CT molecular complexity index is 1140. The highest BCUT2D eigenvalue weighted by Gasteiger charge is 2.31. The highest BCUT2D eigenvalue weighted by molar-refractivity contribution is 7.92. The van der Waals surface area contributed by atoms with Gasteiger partial charge in [0.05, 0.1) is 27.1 Å². The molecule has 1 amide bonds. The zero-order valence-corrected chi connectivity index (χ0v) is 18.3. The molecule has 0 spiro atoms. The summed E-state index contributed by atoms with van der Waals surface area (Å²) in [6, 6.07) is 8.41. The van der Waals surface area contributed by atoms with Crippen molar-refractivity contribution < 1.29 is 21.6 Å². The van der Waals surface area contributed by atoms with Gasteiger partial charge in [-0.05, 0) is 61.7 Å². The van der Waals surface area contributed by atoms with Gasteiger partial charge in [-0.2, -0.15) is 0 Å². The third-order valence-corrected chi connectivity index (χ3v) is 8.25. The number of hydrogen-bond donors (Lipinski definition) is 2. The minimum Gasteiger partial charge on any atom is -0.320 e. The van der Waals surface area contributed by atoms with Crippen molar-refractivity contribution in [3.63, 3.8) is 0 Å². The number of amides is 1. The molecule has 1 fully saturated rings. The molecule has 0 aromatic heterocycles. The first-order valence-corrected chi connectivity index (χ1v) is 12.6. The molecule has 0 radical (unpaired) electrons. The number of sulfonamides is 1. The molecule has 10 heteroatoms. The van der Waals surface area contributed by atoms with Crippen LogP contribution in [0.5, 0.6) is 0 Å². The Morgan fingerprint density at radius 3 is 2.34 bits per heavy atom. The molecule has 0 saturated carbocycles. The van der Waals surface area contributed by atoms with Gasteiger partial charge in [0, 0.05) is 11.6 Å². The van der Waals surface area contributed by atoms with Gasteiger partial charge in [0.2, 0.25) is 10.0 Å². The fraction of sp³-hybridized carbons (Fsp3) is 0.316. The molecule has 1 heterocycles. The molecule has 2 aromatic rings. The summed E-state index contributed by atoms with van der Waals surface area (Å²) in [5.74, 6) is -0.651. The average molecular weight is 457 g/mol. The van der Waals surface area contributed by atoms with Gasteiger partial charge < -0.3 is 5.32 Å². The monoisotopic (exact) mass is 456 g/mol. The van der Waals surface area contributed by atoms with Gasteiger partial charge >= 0.3 is 0 Å². The van der Waals surface area contributed by atoms with Crippen LogP contribution in [0.4, 0.5) is 5.69 Å². The van der Waals surface area contributed by atoms with Crippen LogP contribution < -0.4 is 10.0 Å². The lowest BCUT2D eigenvalue weighted by Gasteiger charge is -2.13. The van der Waals surface area contributed by atoms with Crippen molar-refractivity contribution in [3.8, 4) is 0 Å². The largest absolute Gasteiger partial charge is 0.320 e. The van der Waals surface area contributed by atoms with Gasteiger partial charge in [-0.15, -0.1) is 0 Å². The van der Waals surface area contributed by atoms with Crippen LogP contribution in [-0.2, 0) is 19.9 Å². The first kappa shape index (κ1) is 21.8.